The number of hydrogen-bond donors (Lipinski definition) is 0. The second kappa shape index (κ2) is 4.09. The maximum Gasteiger partial charge on any atom is 0.133 e. The zero-order valence-corrected chi connectivity index (χ0v) is 6.01. The molecule has 0 aromatic rings. The molecule has 0 fully saturated rings. The third kappa shape index (κ3) is 2.67. The minimum absolute atomic E-state index is 0.357. The number of hydrogen-bond acceptors (Lipinski definition) is 2. The summed E-state index contributed by atoms with van der Waals surface area (Å²) in [7, 11) is 0. The molecule has 0 radical (unpaired) electrons. The van der Waals surface area contributed by atoms with Gasteiger partial charge in [-0.1, -0.05) is 0 Å². The minimum atomic E-state index is 0.357. The largest absolute Gasteiger partial charge is 0.502 e. The lowest BCUT2D eigenvalue weighted by Crippen LogP contribution is -1.97. The van der Waals surface area contributed by atoms with Gasteiger partial charge in [0.05, 0.1) is 12.9 Å². The summed E-state index contributed by atoms with van der Waals surface area (Å²) >= 11 is 0. The number of rotatable bonds is 0. The Morgan fingerprint density at radius 1 is 1.40 bits per heavy atom. The first-order valence-corrected chi connectivity index (χ1v) is 3.68. The van der Waals surface area contributed by atoms with Gasteiger partial charge in [0, 0.05) is 12.8 Å². The van der Waals surface area contributed by atoms with E-state index in [4.69, 9.17) is 4.74 Å². The molecule has 0 bridgehead atoms. The van der Waals surface area contributed by atoms with Crippen molar-refractivity contribution in [2.24, 2.45) is 0 Å². The zero-order chi connectivity index (χ0) is 7.23. The van der Waals surface area contributed by atoms with E-state index in [2.05, 4.69) is 0 Å². The first kappa shape index (κ1) is 7.32. The van der Waals surface area contributed by atoms with Crippen molar-refractivity contribution in [1.29, 1.82) is 0 Å². The lowest BCUT2D eigenvalue weighted by molar-refractivity contribution is -0.119. The first-order valence-electron chi connectivity index (χ1n) is 3.68. The van der Waals surface area contributed by atoms with E-state index in [1.165, 1.54) is 0 Å². The lowest BCUT2D eigenvalue weighted by Gasteiger charge is -1.96. The van der Waals surface area contributed by atoms with Crippen LogP contribution in [0.15, 0.2) is 12.3 Å². The Morgan fingerprint density at radius 3 is 3.20 bits per heavy atom. The molecule has 56 valence electrons. The molecule has 0 aliphatic carbocycles. The minimum Gasteiger partial charge on any atom is -0.502 e. The van der Waals surface area contributed by atoms with Crippen LogP contribution in [0.3, 0.4) is 0 Å². The van der Waals surface area contributed by atoms with E-state index in [1.54, 1.807) is 6.26 Å². The van der Waals surface area contributed by atoms with E-state index < -0.39 is 0 Å². The van der Waals surface area contributed by atoms with Gasteiger partial charge in [-0.15, -0.1) is 0 Å². The van der Waals surface area contributed by atoms with Crippen molar-refractivity contribution in [2.45, 2.75) is 25.7 Å². The van der Waals surface area contributed by atoms with E-state index in [1.807, 2.05) is 6.08 Å². The lowest BCUT2D eigenvalue weighted by atomic mass is 10.1. The maximum atomic E-state index is 10.9. The number of ketones is 1. The summed E-state index contributed by atoms with van der Waals surface area (Å²) in [6, 6.07) is 0. The van der Waals surface area contributed by atoms with Gasteiger partial charge in [0.2, 0.25) is 0 Å². The Bertz CT molecular complexity index is 138. The van der Waals surface area contributed by atoms with E-state index in [9.17, 15) is 4.79 Å². The Labute approximate surface area is 60.9 Å². The van der Waals surface area contributed by atoms with Crippen LogP contribution in [0.2, 0.25) is 0 Å². The van der Waals surface area contributed by atoms with Crippen LogP contribution < -0.4 is 0 Å². The molecule has 0 atom stereocenters. The second-order valence-corrected chi connectivity index (χ2v) is 2.42. The van der Waals surface area contributed by atoms with E-state index >= 15 is 0 Å². The molecular weight excluding hydrogens is 128 g/mol. The van der Waals surface area contributed by atoms with Gasteiger partial charge < -0.3 is 4.74 Å². The summed E-state index contributed by atoms with van der Waals surface area (Å²) in [6.07, 6.45) is 6.66. The van der Waals surface area contributed by atoms with Crippen LogP contribution in [-0.2, 0) is 9.53 Å². The number of Topliss-reactive ketones (excluding diaryl/α,β-unsaturated/α-hetero) is 1. The van der Waals surface area contributed by atoms with Crippen LogP contribution in [0.5, 0.6) is 0 Å². The van der Waals surface area contributed by atoms with Crippen molar-refractivity contribution >= 4 is 5.78 Å². The molecule has 2 nitrogen and oxygen atoms in total. The third-order valence-corrected chi connectivity index (χ3v) is 1.50. The Morgan fingerprint density at radius 2 is 2.30 bits per heavy atom. The fourth-order valence-corrected chi connectivity index (χ4v) is 0.926. The monoisotopic (exact) mass is 140 g/mol. The molecule has 0 spiro atoms. The molecule has 0 unspecified atom stereocenters. The normalized spacial score (nSPS) is 20.6. The maximum absolute atomic E-state index is 10.9. The van der Waals surface area contributed by atoms with Gasteiger partial charge in [-0.05, 0) is 18.9 Å². The highest BCUT2D eigenvalue weighted by molar-refractivity contribution is 5.78. The standard InChI is InChI=1S/C8H12O2/c9-8-4-1-2-6-10-7-3-5-8/h2,6H,1,3-5,7H2. The van der Waals surface area contributed by atoms with Crippen LogP contribution in [0.1, 0.15) is 25.7 Å². The van der Waals surface area contributed by atoms with Gasteiger partial charge >= 0.3 is 0 Å². The second-order valence-electron chi connectivity index (χ2n) is 2.42. The van der Waals surface area contributed by atoms with Crippen molar-refractivity contribution in [2.75, 3.05) is 6.61 Å². The molecule has 1 aliphatic heterocycles. The van der Waals surface area contributed by atoms with Crippen molar-refractivity contribution in [3.8, 4) is 0 Å². The molecule has 0 N–H and O–H groups in total. The smallest absolute Gasteiger partial charge is 0.133 e. The van der Waals surface area contributed by atoms with Crippen LogP contribution >= 0.6 is 0 Å². The first-order chi connectivity index (χ1) is 4.89. The Hall–Kier alpha value is -0.790. The molecule has 1 heterocycles. The zero-order valence-electron chi connectivity index (χ0n) is 6.01. The van der Waals surface area contributed by atoms with Gasteiger partial charge in [0.1, 0.15) is 5.78 Å². The molecule has 1 aliphatic rings. The van der Waals surface area contributed by atoms with Crippen molar-refractivity contribution < 1.29 is 9.53 Å². The van der Waals surface area contributed by atoms with Crippen LogP contribution in [-0.4, -0.2) is 12.4 Å². The summed E-state index contributed by atoms with van der Waals surface area (Å²) in [5.74, 6) is 0.357. The number of ether oxygens (including phenoxy) is 1. The van der Waals surface area contributed by atoms with E-state index in [-0.39, 0.29) is 0 Å². The number of allylic oxidation sites excluding steroid dienone is 1. The van der Waals surface area contributed by atoms with Gasteiger partial charge in [0.25, 0.3) is 0 Å². The summed E-state index contributed by atoms with van der Waals surface area (Å²) in [4.78, 5) is 10.9. The van der Waals surface area contributed by atoms with Gasteiger partial charge in [-0.3, -0.25) is 4.79 Å². The predicted molar refractivity (Wildman–Crippen MR) is 38.6 cm³/mol. The Kier molecular flexibility index (Phi) is 3.00. The molecule has 0 aromatic carbocycles. The van der Waals surface area contributed by atoms with Crippen LogP contribution in [0.4, 0.5) is 0 Å². The van der Waals surface area contributed by atoms with Crippen LogP contribution in [0.25, 0.3) is 0 Å². The summed E-state index contributed by atoms with van der Waals surface area (Å²) in [5.41, 5.74) is 0. The third-order valence-electron chi connectivity index (χ3n) is 1.50. The molecule has 10 heavy (non-hydrogen) atoms. The van der Waals surface area contributed by atoms with Crippen LogP contribution in [0, 0.1) is 0 Å². The molecular formula is C8H12O2. The average molecular weight is 140 g/mol. The van der Waals surface area contributed by atoms with Crippen molar-refractivity contribution in [1.82, 2.24) is 0 Å². The number of carbonyl (C=O) groups is 1. The summed E-state index contributed by atoms with van der Waals surface area (Å²) in [5, 5.41) is 0. The van der Waals surface area contributed by atoms with E-state index in [0.29, 0.717) is 25.2 Å². The molecule has 0 amide bonds. The highest BCUT2D eigenvalue weighted by Crippen LogP contribution is 2.03. The number of carbonyl (C=O) groups excluding carboxylic acids is 1. The summed E-state index contributed by atoms with van der Waals surface area (Å²) < 4.78 is 5.07. The van der Waals surface area contributed by atoms with Gasteiger partial charge in [-0.2, -0.15) is 0 Å². The highest BCUT2D eigenvalue weighted by atomic mass is 16.5. The molecule has 2 heteroatoms. The van der Waals surface area contributed by atoms with Crippen molar-refractivity contribution in [3.05, 3.63) is 12.3 Å². The van der Waals surface area contributed by atoms with Gasteiger partial charge in [0.15, 0.2) is 0 Å². The summed E-state index contributed by atoms with van der Waals surface area (Å²) in [6.45, 7) is 0.683. The topological polar surface area (TPSA) is 26.3 Å². The fraction of sp³-hybridized carbons (Fsp3) is 0.625. The quantitative estimate of drug-likeness (QED) is 0.511. The predicted octanol–water partition coefficient (Wildman–Crippen LogP) is 1.66. The molecule has 1 rings (SSSR count). The molecule has 0 saturated heterocycles. The van der Waals surface area contributed by atoms with Gasteiger partial charge in [-0.25, -0.2) is 0 Å². The molecule has 0 saturated carbocycles. The SMILES string of the molecule is O=C1CCC=COCCC1. The van der Waals surface area contributed by atoms with E-state index in [0.717, 1.165) is 12.8 Å². The highest BCUT2D eigenvalue weighted by Gasteiger charge is 2.01. The van der Waals surface area contributed by atoms with Crippen molar-refractivity contribution in [3.63, 3.8) is 0 Å². The molecule has 0 aromatic heterocycles. The Balaban J connectivity index is 2.32. The fourth-order valence-electron chi connectivity index (χ4n) is 0.926. The average Bonchev–Trinajstić information content (AvgIpc) is 2.02.